The Morgan fingerprint density at radius 1 is 1.06 bits per heavy atom. The van der Waals surface area contributed by atoms with Gasteiger partial charge >= 0.3 is 5.97 Å². The number of halogens is 1. The van der Waals surface area contributed by atoms with Gasteiger partial charge in [0, 0.05) is 12.8 Å². The lowest BCUT2D eigenvalue weighted by Gasteiger charge is -1.93. The smallest absolute Gasteiger partial charge is 0.305 e. The van der Waals surface area contributed by atoms with Crippen LogP contribution in [0, 0.1) is 35.5 Å². The largest absolute Gasteiger partial charge is 0.469 e. The van der Waals surface area contributed by atoms with E-state index in [1.165, 1.54) is 7.11 Å². The van der Waals surface area contributed by atoms with Gasteiger partial charge in [0.2, 0.25) is 0 Å². The molecule has 0 aromatic rings. The van der Waals surface area contributed by atoms with Gasteiger partial charge in [0.1, 0.15) is 0 Å². The summed E-state index contributed by atoms with van der Waals surface area (Å²) in [6.07, 6.45) is 3.03. The minimum absolute atomic E-state index is 0.183. The summed E-state index contributed by atoms with van der Waals surface area (Å²) in [6, 6.07) is 0. The Labute approximate surface area is 112 Å². The van der Waals surface area contributed by atoms with Gasteiger partial charge in [0.25, 0.3) is 0 Å². The Morgan fingerprint density at radius 2 is 1.65 bits per heavy atom. The SMILES string of the molecule is COC(=O)CCCC#CCC#CCC#CCBr. The molecule has 0 saturated carbocycles. The van der Waals surface area contributed by atoms with Crippen molar-refractivity contribution >= 4 is 21.9 Å². The highest BCUT2D eigenvalue weighted by Crippen LogP contribution is 1.95. The Kier molecular flexibility index (Phi) is 11.7. The van der Waals surface area contributed by atoms with Gasteiger partial charge in [-0.3, -0.25) is 4.79 Å². The molecule has 0 aliphatic carbocycles. The lowest BCUT2D eigenvalue weighted by Crippen LogP contribution is -1.98. The highest BCUT2D eigenvalue weighted by Gasteiger charge is 1.96. The van der Waals surface area contributed by atoms with Crippen molar-refractivity contribution < 1.29 is 9.53 Å². The second kappa shape index (κ2) is 12.7. The van der Waals surface area contributed by atoms with Gasteiger partial charge in [-0.2, -0.15) is 0 Å². The molecule has 0 spiro atoms. The maximum atomic E-state index is 10.8. The number of rotatable bonds is 3. The number of hydrogen-bond acceptors (Lipinski definition) is 2. The first-order chi connectivity index (χ1) is 8.31. The predicted molar refractivity (Wildman–Crippen MR) is 72.2 cm³/mol. The molecule has 90 valence electrons. The fourth-order valence-electron chi connectivity index (χ4n) is 0.897. The predicted octanol–water partition coefficient (Wildman–Crippen LogP) is 2.52. The second-order valence-electron chi connectivity index (χ2n) is 2.98. The van der Waals surface area contributed by atoms with E-state index in [0.29, 0.717) is 31.0 Å². The minimum atomic E-state index is -0.183. The molecule has 0 saturated heterocycles. The van der Waals surface area contributed by atoms with Crippen LogP contribution in [-0.2, 0) is 9.53 Å². The highest BCUT2D eigenvalue weighted by atomic mass is 79.9. The van der Waals surface area contributed by atoms with E-state index in [1.54, 1.807) is 0 Å². The first-order valence-electron chi connectivity index (χ1n) is 5.31. The normalized spacial score (nSPS) is 7.65. The van der Waals surface area contributed by atoms with Gasteiger partial charge in [-0.1, -0.05) is 45.5 Å². The number of methoxy groups -OCH3 is 1. The van der Waals surface area contributed by atoms with E-state index >= 15 is 0 Å². The van der Waals surface area contributed by atoms with Gasteiger partial charge in [-0.15, -0.1) is 5.92 Å². The summed E-state index contributed by atoms with van der Waals surface area (Å²) in [5, 5.41) is 0.689. The van der Waals surface area contributed by atoms with Crippen molar-refractivity contribution in [3.8, 4) is 35.5 Å². The fraction of sp³-hybridized carbons (Fsp3) is 0.500. The Bertz CT molecular complexity index is 393. The van der Waals surface area contributed by atoms with E-state index in [-0.39, 0.29) is 5.97 Å². The fourth-order valence-corrected chi connectivity index (χ4v) is 1.10. The number of ether oxygens (including phenoxy) is 1. The van der Waals surface area contributed by atoms with Crippen LogP contribution in [-0.4, -0.2) is 18.4 Å². The van der Waals surface area contributed by atoms with Crippen molar-refractivity contribution in [3.63, 3.8) is 0 Å². The average Bonchev–Trinajstić information content (AvgIpc) is 2.35. The van der Waals surface area contributed by atoms with Crippen molar-refractivity contribution in [3.05, 3.63) is 0 Å². The molecule has 0 radical (unpaired) electrons. The van der Waals surface area contributed by atoms with Crippen molar-refractivity contribution in [2.45, 2.75) is 32.1 Å². The molecule has 2 nitrogen and oxygen atoms in total. The molecule has 0 heterocycles. The van der Waals surface area contributed by atoms with Crippen LogP contribution in [0.1, 0.15) is 32.1 Å². The molecular formula is C14H15BrO2. The number of unbranched alkanes of at least 4 members (excludes halogenated alkanes) is 1. The lowest BCUT2D eigenvalue weighted by atomic mass is 10.2. The van der Waals surface area contributed by atoms with Crippen molar-refractivity contribution in [2.75, 3.05) is 12.4 Å². The van der Waals surface area contributed by atoms with Gasteiger partial charge < -0.3 is 4.74 Å². The van der Waals surface area contributed by atoms with Gasteiger partial charge in [-0.05, 0) is 6.42 Å². The summed E-state index contributed by atoms with van der Waals surface area (Å²) in [5.41, 5.74) is 0. The summed E-state index contributed by atoms with van der Waals surface area (Å²) in [4.78, 5) is 10.8. The zero-order valence-corrected chi connectivity index (χ0v) is 11.5. The first kappa shape index (κ1) is 15.6. The van der Waals surface area contributed by atoms with Crippen LogP contribution in [0.15, 0.2) is 0 Å². The zero-order chi connectivity index (χ0) is 12.8. The van der Waals surface area contributed by atoms with E-state index in [2.05, 4.69) is 56.2 Å². The Balaban J connectivity index is 3.52. The summed E-state index contributed by atoms with van der Waals surface area (Å²) in [5.74, 6) is 17.3. The summed E-state index contributed by atoms with van der Waals surface area (Å²) in [7, 11) is 1.39. The molecule has 0 aromatic carbocycles. The molecule has 0 bridgehead atoms. The topological polar surface area (TPSA) is 26.3 Å². The molecule has 0 rings (SSSR count). The van der Waals surface area contributed by atoms with Crippen LogP contribution in [0.4, 0.5) is 0 Å². The van der Waals surface area contributed by atoms with E-state index in [1.807, 2.05) is 0 Å². The molecular weight excluding hydrogens is 280 g/mol. The Morgan fingerprint density at radius 3 is 2.24 bits per heavy atom. The molecule has 3 heteroatoms. The molecule has 0 atom stereocenters. The zero-order valence-electron chi connectivity index (χ0n) is 9.94. The molecule has 0 aliphatic heterocycles. The van der Waals surface area contributed by atoms with E-state index < -0.39 is 0 Å². The van der Waals surface area contributed by atoms with Gasteiger partial charge in [0.05, 0.1) is 25.3 Å². The van der Waals surface area contributed by atoms with Crippen LogP contribution in [0.25, 0.3) is 0 Å². The lowest BCUT2D eigenvalue weighted by molar-refractivity contribution is -0.140. The number of carbonyl (C=O) groups excluding carboxylic acids is 1. The van der Waals surface area contributed by atoms with Crippen LogP contribution in [0.3, 0.4) is 0 Å². The summed E-state index contributed by atoms with van der Waals surface area (Å²) < 4.78 is 4.52. The third kappa shape index (κ3) is 12.6. The maximum absolute atomic E-state index is 10.8. The van der Waals surface area contributed by atoms with E-state index in [0.717, 1.165) is 6.42 Å². The van der Waals surface area contributed by atoms with Crippen LogP contribution < -0.4 is 0 Å². The van der Waals surface area contributed by atoms with Crippen LogP contribution in [0.2, 0.25) is 0 Å². The first-order valence-corrected chi connectivity index (χ1v) is 6.43. The van der Waals surface area contributed by atoms with Gasteiger partial charge in [0.15, 0.2) is 0 Å². The number of esters is 1. The van der Waals surface area contributed by atoms with Crippen molar-refractivity contribution in [1.82, 2.24) is 0 Å². The molecule has 0 amide bonds. The van der Waals surface area contributed by atoms with E-state index in [9.17, 15) is 4.79 Å². The number of hydrogen-bond donors (Lipinski definition) is 0. The standard InChI is InChI=1S/C14H15BrO2/c1-17-14(16)12-10-8-6-4-2-3-5-7-9-11-13-15/h2,7-8,10,12-13H2,1H3. The van der Waals surface area contributed by atoms with Crippen molar-refractivity contribution in [2.24, 2.45) is 0 Å². The highest BCUT2D eigenvalue weighted by molar-refractivity contribution is 9.09. The molecule has 0 unspecified atom stereocenters. The maximum Gasteiger partial charge on any atom is 0.305 e. The van der Waals surface area contributed by atoms with Crippen LogP contribution >= 0.6 is 15.9 Å². The van der Waals surface area contributed by atoms with E-state index in [4.69, 9.17) is 0 Å². The molecule has 0 aromatic heterocycles. The molecule has 0 fully saturated rings. The number of carbonyl (C=O) groups is 1. The average molecular weight is 295 g/mol. The minimum Gasteiger partial charge on any atom is -0.469 e. The van der Waals surface area contributed by atoms with Gasteiger partial charge in [-0.25, -0.2) is 0 Å². The molecule has 0 N–H and O–H groups in total. The molecule has 0 aliphatic rings. The third-order valence-electron chi connectivity index (χ3n) is 1.71. The second-order valence-corrected chi connectivity index (χ2v) is 3.54. The number of alkyl halides is 1. The monoisotopic (exact) mass is 294 g/mol. The third-order valence-corrected chi connectivity index (χ3v) is 1.99. The quantitative estimate of drug-likeness (QED) is 0.346. The molecule has 17 heavy (non-hydrogen) atoms. The Hall–Kier alpha value is -1.37. The summed E-state index contributed by atoms with van der Waals surface area (Å²) >= 11 is 3.21. The summed E-state index contributed by atoms with van der Waals surface area (Å²) in [6.45, 7) is 0. The van der Waals surface area contributed by atoms with Crippen molar-refractivity contribution in [1.29, 1.82) is 0 Å². The van der Waals surface area contributed by atoms with Crippen LogP contribution in [0.5, 0.6) is 0 Å².